The van der Waals surface area contributed by atoms with Gasteiger partial charge >= 0.3 is 0 Å². The van der Waals surface area contributed by atoms with Crippen LogP contribution >= 0.6 is 0 Å². The maximum absolute atomic E-state index is 13.2. The number of carbonyl (C=O) groups is 1. The van der Waals surface area contributed by atoms with Crippen LogP contribution in [0.1, 0.15) is 42.3 Å². The number of aromatic nitrogens is 3. The summed E-state index contributed by atoms with van der Waals surface area (Å²) in [5, 5.41) is 5.01. The number of aryl methyl sites for hydroxylation is 1. The monoisotopic (exact) mass is 481 g/mol. The fourth-order valence-corrected chi connectivity index (χ4v) is 4.54. The van der Waals surface area contributed by atoms with Crippen LogP contribution in [0.15, 0.2) is 79.1 Å². The Morgan fingerprint density at radius 1 is 0.944 bits per heavy atom. The molecule has 0 atom stereocenters. The van der Waals surface area contributed by atoms with Gasteiger partial charge in [-0.3, -0.25) is 9.78 Å². The van der Waals surface area contributed by atoms with Crippen molar-refractivity contribution in [1.29, 1.82) is 0 Å². The third-order valence-electron chi connectivity index (χ3n) is 6.86. The molecule has 0 radical (unpaired) electrons. The van der Waals surface area contributed by atoms with Crippen molar-refractivity contribution in [2.75, 3.05) is 13.2 Å². The Morgan fingerprint density at radius 2 is 1.61 bits per heavy atom. The molecule has 3 heterocycles. The average molecular weight is 482 g/mol. The van der Waals surface area contributed by atoms with E-state index in [1.54, 1.807) is 12.4 Å². The zero-order chi connectivity index (χ0) is 25.0. The highest BCUT2D eigenvalue weighted by Crippen LogP contribution is 2.34. The molecule has 0 amide bonds. The third kappa shape index (κ3) is 5.55. The molecule has 2 aromatic heterocycles. The van der Waals surface area contributed by atoms with E-state index >= 15 is 0 Å². The summed E-state index contributed by atoms with van der Waals surface area (Å²) < 4.78 is 13.4. The largest absolute Gasteiger partial charge is 0.457 e. The second kappa shape index (κ2) is 10.5. The van der Waals surface area contributed by atoms with E-state index in [4.69, 9.17) is 14.6 Å². The van der Waals surface area contributed by atoms with Gasteiger partial charge in [0.25, 0.3) is 0 Å². The quantitative estimate of drug-likeness (QED) is 0.319. The minimum Gasteiger partial charge on any atom is -0.457 e. The second-order valence-electron chi connectivity index (χ2n) is 9.76. The minimum atomic E-state index is -0.0450. The Kier molecular flexibility index (Phi) is 6.96. The molecule has 0 bridgehead atoms. The first-order valence-electron chi connectivity index (χ1n) is 12.4. The molecule has 4 aromatic rings. The smallest absolute Gasteiger partial charge is 0.143 e. The van der Waals surface area contributed by atoms with Crippen LogP contribution in [-0.2, 0) is 27.8 Å². The van der Waals surface area contributed by atoms with E-state index in [0.717, 1.165) is 60.2 Å². The minimum absolute atomic E-state index is 0.0450. The SMILES string of the molecule is Cc1ccc(-n2nc(C3(C)CCOCC3)cc2CC(=O)Cc2ccc(Oc3ccncc3)cc2)cc1. The van der Waals surface area contributed by atoms with Gasteiger partial charge in [0.1, 0.15) is 17.3 Å². The molecule has 6 heteroatoms. The average Bonchev–Trinajstić information content (AvgIpc) is 3.31. The Morgan fingerprint density at radius 3 is 2.31 bits per heavy atom. The maximum atomic E-state index is 13.2. The molecule has 0 unspecified atom stereocenters. The van der Waals surface area contributed by atoms with Crippen molar-refractivity contribution in [3.63, 3.8) is 0 Å². The number of ether oxygens (including phenoxy) is 2. The van der Waals surface area contributed by atoms with Gasteiger partial charge in [-0.05, 0) is 67.8 Å². The molecule has 0 aliphatic carbocycles. The van der Waals surface area contributed by atoms with E-state index in [0.29, 0.717) is 12.8 Å². The standard InChI is InChI=1S/C30H31N3O3/c1-22-3-7-24(8-4-22)33-25(21-29(32-33)30(2)13-17-35-18-14-30)20-26(34)19-23-5-9-27(10-6-23)36-28-11-15-31-16-12-28/h3-12,15-16,21H,13-14,17-20H2,1-2H3. The highest BCUT2D eigenvalue weighted by Gasteiger charge is 2.33. The summed E-state index contributed by atoms with van der Waals surface area (Å²) in [6, 6.07) is 21.7. The molecule has 1 aliphatic rings. The zero-order valence-corrected chi connectivity index (χ0v) is 20.8. The van der Waals surface area contributed by atoms with Crippen LogP contribution in [0.4, 0.5) is 0 Å². The molecule has 36 heavy (non-hydrogen) atoms. The molecule has 5 rings (SSSR count). The van der Waals surface area contributed by atoms with E-state index < -0.39 is 0 Å². The summed E-state index contributed by atoms with van der Waals surface area (Å²) >= 11 is 0. The molecule has 0 spiro atoms. The van der Waals surface area contributed by atoms with E-state index in [-0.39, 0.29) is 11.2 Å². The van der Waals surface area contributed by atoms with Gasteiger partial charge in [0, 0.05) is 43.9 Å². The molecule has 1 saturated heterocycles. The summed E-state index contributed by atoms with van der Waals surface area (Å²) in [6.45, 7) is 5.80. The van der Waals surface area contributed by atoms with Gasteiger partial charge in [0.05, 0.1) is 17.1 Å². The lowest BCUT2D eigenvalue weighted by Crippen LogP contribution is -2.31. The first-order valence-corrected chi connectivity index (χ1v) is 12.4. The van der Waals surface area contributed by atoms with Crippen LogP contribution in [-0.4, -0.2) is 33.8 Å². The Hall–Kier alpha value is -3.77. The molecular weight excluding hydrogens is 450 g/mol. The Balaban J connectivity index is 1.33. The van der Waals surface area contributed by atoms with Crippen molar-refractivity contribution < 1.29 is 14.3 Å². The molecule has 6 nitrogen and oxygen atoms in total. The number of hydrogen-bond donors (Lipinski definition) is 0. The molecule has 1 aliphatic heterocycles. The summed E-state index contributed by atoms with van der Waals surface area (Å²) in [5.74, 6) is 1.60. The fraction of sp³-hybridized carbons (Fsp3) is 0.300. The van der Waals surface area contributed by atoms with Crippen LogP contribution in [0.2, 0.25) is 0 Å². The molecular formula is C30H31N3O3. The number of benzene rings is 2. The Bertz CT molecular complexity index is 1310. The lowest BCUT2D eigenvalue weighted by molar-refractivity contribution is -0.117. The van der Waals surface area contributed by atoms with Gasteiger partial charge in [-0.25, -0.2) is 4.68 Å². The Labute approximate surface area is 211 Å². The maximum Gasteiger partial charge on any atom is 0.143 e. The normalized spacial score (nSPS) is 14.9. The van der Waals surface area contributed by atoms with Crippen molar-refractivity contribution in [3.05, 3.63) is 102 Å². The number of ketones is 1. The first-order chi connectivity index (χ1) is 17.5. The molecule has 0 N–H and O–H groups in total. The number of Topliss-reactive ketones (excluding diaryl/α,β-unsaturated/α-hetero) is 1. The third-order valence-corrected chi connectivity index (χ3v) is 6.86. The van der Waals surface area contributed by atoms with Gasteiger partial charge in [-0.15, -0.1) is 0 Å². The number of nitrogens with zero attached hydrogens (tertiary/aromatic N) is 3. The van der Waals surface area contributed by atoms with Gasteiger partial charge in [-0.1, -0.05) is 36.8 Å². The second-order valence-corrected chi connectivity index (χ2v) is 9.76. The lowest BCUT2D eigenvalue weighted by atomic mass is 9.79. The van der Waals surface area contributed by atoms with Crippen LogP contribution in [0, 0.1) is 6.92 Å². The highest BCUT2D eigenvalue weighted by molar-refractivity contribution is 5.83. The summed E-state index contributed by atoms with van der Waals surface area (Å²) in [4.78, 5) is 17.2. The number of carbonyl (C=O) groups excluding carboxylic acids is 1. The molecule has 0 saturated carbocycles. The van der Waals surface area contributed by atoms with E-state index in [9.17, 15) is 4.79 Å². The molecule has 2 aromatic carbocycles. The van der Waals surface area contributed by atoms with Gasteiger partial charge < -0.3 is 9.47 Å². The van der Waals surface area contributed by atoms with Crippen LogP contribution in [0.25, 0.3) is 5.69 Å². The summed E-state index contributed by atoms with van der Waals surface area (Å²) in [5.41, 5.74) is 5.03. The van der Waals surface area contributed by atoms with Crippen LogP contribution in [0.5, 0.6) is 11.5 Å². The topological polar surface area (TPSA) is 66.2 Å². The predicted octanol–water partition coefficient (Wildman–Crippen LogP) is 5.79. The first kappa shape index (κ1) is 23.9. The van der Waals surface area contributed by atoms with Crippen LogP contribution < -0.4 is 4.74 Å². The summed E-state index contributed by atoms with van der Waals surface area (Å²) in [6.07, 6.45) is 5.92. The molecule has 1 fully saturated rings. The lowest BCUT2D eigenvalue weighted by Gasteiger charge is -2.31. The number of rotatable bonds is 8. The van der Waals surface area contributed by atoms with Gasteiger partial charge in [0.15, 0.2) is 0 Å². The van der Waals surface area contributed by atoms with E-state index in [2.05, 4.69) is 49.2 Å². The van der Waals surface area contributed by atoms with Crippen molar-refractivity contribution in [2.45, 2.75) is 44.9 Å². The van der Waals surface area contributed by atoms with Crippen molar-refractivity contribution in [3.8, 4) is 17.2 Å². The zero-order valence-electron chi connectivity index (χ0n) is 20.8. The summed E-state index contributed by atoms with van der Waals surface area (Å²) in [7, 11) is 0. The number of pyridine rings is 1. The van der Waals surface area contributed by atoms with E-state index in [1.165, 1.54) is 5.56 Å². The molecule has 184 valence electrons. The van der Waals surface area contributed by atoms with Crippen molar-refractivity contribution in [1.82, 2.24) is 14.8 Å². The van der Waals surface area contributed by atoms with Crippen molar-refractivity contribution in [2.24, 2.45) is 0 Å². The predicted molar refractivity (Wildman–Crippen MR) is 139 cm³/mol. The fourth-order valence-electron chi connectivity index (χ4n) is 4.54. The van der Waals surface area contributed by atoms with Gasteiger partial charge in [-0.2, -0.15) is 5.10 Å². The van der Waals surface area contributed by atoms with Gasteiger partial charge in [0.2, 0.25) is 0 Å². The van der Waals surface area contributed by atoms with Crippen LogP contribution in [0.3, 0.4) is 0 Å². The number of hydrogen-bond acceptors (Lipinski definition) is 5. The highest BCUT2D eigenvalue weighted by atomic mass is 16.5. The van der Waals surface area contributed by atoms with Crippen molar-refractivity contribution >= 4 is 5.78 Å². The van der Waals surface area contributed by atoms with E-state index in [1.807, 2.05) is 41.1 Å².